The molecular formula is C52H33NOS. The average molecular weight is 720 g/mol. The van der Waals surface area contributed by atoms with Crippen molar-refractivity contribution in [3.05, 3.63) is 200 Å². The molecule has 0 N–H and O–H groups in total. The summed E-state index contributed by atoms with van der Waals surface area (Å²) in [6, 6.07) is 72.3. The molecular weight excluding hydrogens is 687 g/mol. The van der Waals surface area contributed by atoms with Crippen molar-refractivity contribution in [3.63, 3.8) is 0 Å². The minimum atomic E-state index is 0.918. The van der Waals surface area contributed by atoms with E-state index in [0.29, 0.717) is 0 Å². The molecule has 0 radical (unpaired) electrons. The van der Waals surface area contributed by atoms with Crippen molar-refractivity contribution in [2.45, 2.75) is 0 Å². The number of benzene rings is 9. The zero-order valence-electron chi connectivity index (χ0n) is 29.8. The number of anilines is 3. The second-order valence-corrected chi connectivity index (χ2v) is 15.2. The van der Waals surface area contributed by atoms with Crippen LogP contribution in [0.5, 0.6) is 0 Å². The molecule has 0 saturated heterocycles. The first-order chi connectivity index (χ1) is 27.2. The van der Waals surface area contributed by atoms with Gasteiger partial charge in [0.1, 0.15) is 11.2 Å². The Bertz CT molecular complexity index is 3210. The monoisotopic (exact) mass is 719 g/mol. The van der Waals surface area contributed by atoms with E-state index in [1.165, 1.54) is 69.8 Å². The number of nitrogens with zero attached hydrogens (tertiary/aromatic N) is 1. The number of thiophene rings is 1. The Labute approximate surface area is 322 Å². The summed E-state index contributed by atoms with van der Waals surface area (Å²) in [6.45, 7) is 0. The molecule has 0 aliphatic carbocycles. The lowest BCUT2D eigenvalue weighted by atomic mass is 9.95. The summed E-state index contributed by atoms with van der Waals surface area (Å²) >= 11 is 1.85. The number of hydrogen-bond donors (Lipinski definition) is 0. The lowest BCUT2D eigenvalue weighted by Crippen LogP contribution is -2.10. The zero-order valence-corrected chi connectivity index (χ0v) is 30.6. The molecule has 0 fully saturated rings. The first-order valence-electron chi connectivity index (χ1n) is 18.7. The maximum Gasteiger partial charge on any atom is 0.136 e. The van der Waals surface area contributed by atoms with Crippen molar-refractivity contribution < 1.29 is 4.42 Å². The Hall–Kier alpha value is -6.94. The smallest absolute Gasteiger partial charge is 0.136 e. The molecule has 0 spiro atoms. The van der Waals surface area contributed by atoms with E-state index in [1.807, 2.05) is 23.5 Å². The Morgan fingerprint density at radius 2 is 0.964 bits per heavy atom. The van der Waals surface area contributed by atoms with Crippen molar-refractivity contribution in [1.29, 1.82) is 0 Å². The van der Waals surface area contributed by atoms with Crippen LogP contribution in [0.1, 0.15) is 0 Å². The summed E-state index contributed by atoms with van der Waals surface area (Å²) in [5, 5.41) is 7.29. The molecule has 9 aromatic carbocycles. The highest BCUT2D eigenvalue weighted by Gasteiger charge is 2.19. The number of rotatable bonds is 6. The third kappa shape index (κ3) is 5.40. The standard InChI is InChI=1S/C52H33NOS/c1-2-11-34(12-3-1)35-25-28-41(29-26-35)53(46-19-10-22-50-52(46)44-18-5-7-21-49(44)55-50)42-16-9-15-39(32-42)37-13-8-14-38(31-37)40-24-23-36-27-30-48-51(45(36)33-40)43-17-4-6-20-47(43)54-48/h1-33H. The average Bonchev–Trinajstić information content (AvgIpc) is 3.84. The molecule has 3 heteroatoms. The highest BCUT2D eigenvalue weighted by molar-refractivity contribution is 7.26. The Balaban J connectivity index is 1.04. The first kappa shape index (κ1) is 31.6. The predicted molar refractivity (Wildman–Crippen MR) is 235 cm³/mol. The maximum atomic E-state index is 6.24. The largest absolute Gasteiger partial charge is 0.456 e. The fraction of sp³-hybridized carbons (Fsp3) is 0. The van der Waals surface area contributed by atoms with Gasteiger partial charge in [0.2, 0.25) is 0 Å². The van der Waals surface area contributed by atoms with E-state index in [4.69, 9.17) is 4.42 Å². The van der Waals surface area contributed by atoms with Gasteiger partial charge in [0.05, 0.1) is 5.69 Å². The Kier molecular flexibility index (Phi) is 7.39. The quantitative estimate of drug-likeness (QED) is 0.170. The van der Waals surface area contributed by atoms with Crippen LogP contribution in [0.3, 0.4) is 0 Å². The van der Waals surface area contributed by atoms with Gasteiger partial charge in [-0.25, -0.2) is 0 Å². The van der Waals surface area contributed by atoms with Crippen molar-refractivity contribution >= 4 is 81.3 Å². The van der Waals surface area contributed by atoms with Crippen LogP contribution in [0.25, 0.3) is 86.3 Å². The Morgan fingerprint density at radius 1 is 0.345 bits per heavy atom. The summed E-state index contributed by atoms with van der Waals surface area (Å²) in [6.07, 6.45) is 0. The van der Waals surface area contributed by atoms with E-state index in [0.717, 1.165) is 33.5 Å². The third-order valence-electron chi connectivity index (χ3n) is 10.8. The van der Waals surface area contributed by atoms with Gasteiger partial charge in [0.25, 0.3) is 0 Å². The van der Waals surface area contributed by atoms with Gasteiger partial charge in [-0.15, -0.1) is 11.3 Å². The second-order valence-electron chi connectivity index (χ2n) is 14.1. The molecule has 55 heavy (non-hydrogen) atoms. The number of para-hydroxylation sites is 1. The molecule has 0 atom stereocenters. The van der Waals surface area contributed by atoms with E-state index in [9.17, 15) is 0 Å². The van der Waals surface area contributed by atoms with Gasteiger partial charge in [-0.05, 0) is 111 Å². The van der Waals surface area contributed by atoms with E-state index in [1.54, 1.807) is 0 Å². The number of hydrogen-bond acceptors (Lipinski definition) is 3. The molecule has 0 aliphatic rings. The van der Waals surface area contributed by atoms with Crippen molar-refractivity contribution in [2.75, 3.05) is 4.90 Å². The summed E-state index contributed by atoms with van der Waals surface area (Å²) < 4.78 is 8.82. The van der Waals surface area contributed by atoms with E-state index in [2.05, 4.69) is 193 Å². The summed E-state index contributed by atoms with van der Waals surface area (Å²) in [5.41, 5.74) is 12.3. The molecule has 0 saturated carbocycles. The van der Waals surface area contributed by atoms with Crippen LogP contribution in [0.4, 0.5) is 17.1 Å². The van der Waals surface area contributed by atoms with Crippen LogP contribution >= 0.6 is 11.3 Å². The molecule has 2 nitrogen and oxygen atoms in total. The minimum absolute atomic E-state index is 0.918. The second kappa shape index (κ2) is 12.9. The lowest BCUT2D eigenvalue weighted by Gasteiger charge is -2.27. The van der Waals surface area contributed by atoms with Gasteiger partial charge in [0.15, 0.2) is 0 Å². The molecule has 0 unspecified atom stereocenters. The summed E-state index contributed by atoms with van der Waals surface area (Å²) in [7, 11) is 0. The zero-order chi connectivity index (χ0) is 36.3. The SMILES string of the molecule is c1ccc(-c2ccc(N(c3cccc(-c4cccc(-c5ccc6ccc7oc8ccccc8c7c6c5)c4)c3)c3cccc4sc5ccccc5c34)cc2)cc1. The molecule has 258 valence electrons. The summed E-state index contributed by atoms with van der Waals surface area (Å²) in [4.78, 5) is 2.42. The van der Waals surface area contributed by atoms with Crippen LogP contribution in [-0.4, -0.2) is 0 Å². The number of fused-ring (bicyclic) bond motifs is 8. The predicted octanol–water partition coefficient (Wildman–Crippen LogP) is 15.6. The molecule has 2 heterocycles. The molecule has 0 bridgehead atoms. The Morgan fingerprint density at radius 3 is 1.82 bits per heavy atom. The minimum Gasteiger partial charge on any atom is -0.456 e. The van der Waals surface area contributed by atoms with Crippen molar-refractivity contribution in [2.24, 2.45) is 0 Å². The molecule has 0 amide bonds. The fourth-order valence-corrected chi connectivity index (χ4v) is 9.36. The normalized spacial score (nSPS) is 11.6. The molecule has 0 aliphatic heterocycles. The molecule has 11 rings (SSSR count). The van der Waals surface area contributed by atoms with Gasteiger partial charge in [-0.1, -0.05) is 133 Å². The van der Waals surface area contributed by atoms with Crippen LogP contribution in [-0.2, 0) is 0 Å². The fourth-order valence-electron chi connectivity index (χ4n) is 8.23. The van der Waals surface area contributed by atoms with Crippen LogP contribution in [0.15, 0.2) is 205 Å². The van der Waals surface area contributed by atoms with Gasteiger partial charge in [-0.3, -0.25) is 0 Å². The van der Waals surface area contributed by atoms with E-state index < -0.39 is 0 Å². The van der Waals surface area contributed by atoms with Gasteiger partial charge in [-0.2, -0.15) is 0 Å². The van der Waals surface area contributed by atoms with Gasteiger partial charge in [0, 0.05) is 42.3 Å². The topological polar surface area (TPSA) is 16.4 Å². The highest BCUT2D eigenvalue weighted by Crippen LogP contribution is 2.46. The first-order valence-corrected chi connectivity index (χ1v) is 19.5. The third-order valence-corrected chi connectivity index (χ3v) is 12.0. The van der Waals surface area contributed by atoms with E-state index >= 15 is 0 Å². The number of furan rings is 1. The van der Waals surface area contributed by atoms with Gasteiger partial charge < -0.3 is 9.32 Å². The summed E-state index contributed by atoms with van der Waals surface area (Å²) in [5.74, 6) is 0. The maximum absolute atomic E-state index is 6.24. The van der Waals surface area contributed by atoms with Crippen LogP contribution in [0, 0.1) is 0 Å². The van der Waals surface area contributed by atoms with Crippen LogP contribution in [0.2, 0.25) is 0 Å². The molecule has 11 aromatic rings. The van der Waals surface area contributed by atoms with Crippen molar-refractivity contribution in [1.82, 2.24) is 0 Å². The van der Waals surface area contributed by atoms with E-state index in [-0.39, 0.29) is 0 Å². The van der Waals surface area contributed by atoms with Crippen LogP contribution < -0.4 is 4.90 Å². The molecule has 2 aromatic heterocycles. The van der Waals surface area contributed by atoms with Crippen molar-refractivity contribution in [3.8, 4) is 33.4 Å². The van der Waals surface area contributed by atoms with Gasteiger partial charge >= 0.3 is 0 Å². The lowest BCUT2D eigenvalue weighted by molar-refractivity contribution is 0.669. The highest BCUT2D eigenvalue weighted by atomic mass is 32.1.